The zero-order valence-electron chi connectivity index (χ0n) is 12.5. The molecule has 6 heteroatoms. The van der Waals surface area contributed by atoms with Crippen molar-refractivity contribution in [2.24, 2.45) is 0 Å². The molecular formula is C17H17NO3S2. The molecule has 0 amide bonds. The average Bonchev–Trinajstić information content (AvgIpc) is 3.25. The molecule has 0 radical (unpaired) electrons. The minimum Gasteiger partial charge on any atom is -0.472 e. The maximum Gasteiger partial charge on any atom is 0.243 e. The van der Waals surface area contributed by atoms with Crippen molar-refractivity contribution in [1.82, 2.24) is 4.31 Å². The zero-order valence-corrected chi connectivity index (χ0v) is 14.1. The normalized spacial score (nSPS) is 11.9. The van der Waals surface area contributed by atoms with E-state index < -0.39 is 10.0 Å². The molecule has 2 heterocycles. The fourth-order valence-electron chi connectivity index (χ4n) is 2.30. The number of hydrogen-bond acceptors (Lipinski definition) is 4. The van der Waals surface area contributed by atoms with Crippen molar-refractivity contribution >= 4 is 21.4 Å². The molecule has 1 aromatic carbocycles. The molecule has 0 atom stereocenters. The molecule has 120 valence electrons. The summed E-state index contributed by atoms with van der Waals surface area (Å²) in [5.41, 5.74) is 0.843. The van der Waals surface area contributed by atoms with Gasteiger partial charge in [0.2, 0.25) is 10.0 Å². The number of sulfonamides is 1. The second kappa shape index (κ2) is 7.12. The Morgan fingerprint density at radius 3 is 2.52 bits per heavy atom. The van der Waals surface area contributed by atoms with Gasteiger partial charge in [-0.15, -0.1) is 11.3 Å². The Morgan fingerprint density at radius 2 is 1.87 bits per heavy atom. The molecule has 0 aliphatic heterocycles. The lowest BCUT2D eigenvalue weighted by Gasteiger charge is -2.21. The molecule has 0 bridgehead atoms. The third kappa shape index (κ3) is 3.90. The fraction of sp³-hybridized carbons (Fsp3) is 0.176. The minimum absolute atomic E-state index is 0.305. The Bertz CT molecular complexity index is 810. The molecule has 0 fully saturated rings. The Morgan fingerprint density at radius 1 is 1.04 bits per heavy atom. The lowest BCUT2D eigenvalue weighted by molar-refractivity contribution is 0.408. The van der Waals surface area contributed by atoms with E-state index in [2.05, 4.69) is 0 Å². The Labute approximate surface area is 140 Å². The first-order valence-corrected chi connectivity index (χ1v) is 9.57. The third-order valence-corrected chi connectivity index (χ3v) is 6.30. The predicted molar refractivity (Wildman–Crippen MR) is 90.8 cm³/mol. The number of benzene rings is 1. The number of rotatable bonds is 7. The van der Waals surface area contributed by atoms with E-state index in [4.69, 9.17) is 4.42 Å². The van der Waals surface area contributed by atoms with Gasteiger partial charge in [-0.3, -0.25) is 0 Å². The molecule has 0 aliphatic carbocycles. The summed E-state index contributed by atoms with van der Waals surface area (Å²) < 4.78 is 32.4. The fourth-order valence-corrected chi connectivity index (χ4v) is 4.45. The molecular weight excluding hydrogens is 330 g/mol. The first kappa shape index (κ1) is 16.0. The van der Waals surface area contributed by atoms with Gasteiger partial charge >= 0.3 is 0 Å². The van der Waals surface area contributed by atoms with E-state index in [9.17, 15) is 8.42 Å². The van der Waals surface area contributed by atoms with Crippen molar-refractivity contribution < 1.29 is 12.8 Å². The standard InChI is InChI=1S/C17H17NO3S2/c19-23(20,17-6-2-1-3-7-17)18(13-15-9-11-21-14-15)10-8-16-5-4-12-22-16/h1-7,9,11-12,14H,8,10,13H2. The summed E-state index contributed by atoms with van der Waals surface area (Å²) in [4.78, 5) is 1.49. The van der Waals surface area contributed by atoms with E-state index in [0.29, 0.717) is 24.4 Å². The van der Waals surface area contributed by atoms with Crippen LogP contribution in [0.4, 0.5) is 0 Å². The summed E-state index contributed by atoms with van der Waals surface area (Å²) in [5.74, 6) is 0. The largest absolute Gasteiger partial charge is 0.472 e. The van der Waals surface area contributed by atoms with Crippen molar-refractivity contribution in [1.29, 1.82) is 0 Å². The minimum atomic E-state index is -3.53. The average molecular weight is 347 g/mol. The summed E-state index contributed by atoms with van der Waals surface area (Å²) in [7, 11) is -3.53. The monoisotopic (exact) mass is 347 g/mol. The first-order valence-electron chi connectivity index (χ1n) is 7.25. The van der Waals surface area contributed by atoms with Crippen molar-refractivity contribution in [3.63, 3.8) is 0 Å². The van der Waals surface area contributed by atoms with Gasteiger partial charge in [0.25, 0.3) is 0 Å². The van der Waals surface area contributed by atoms with Crippen LogP contribution in [0, 0.1) is 0 Å². The van der Waals surface area contributed by atoms with E-state index in [1.165, 1.54) is 9.18 Å². The van der Waals surface area contributed by atoms with Crippen molar-refractivity contribution in [2.75, 3.05) is 6.54 Å². The van der Waals surface area contributed by atoms with Gasteiger partial charge in [-0.25, -0.2) is 8.42 Å². The van der Waals surface area contributed by atoms with Gasteiger partial charge < -0.3 is 4.42 Å². The van der Waals surface area contributed by atoms with E-state index >= 15 is 0 Å². The number of hydrogen-bond donors (Lipinski definition) is 0. The molecule has 0 spiro atoms. The van der Waals surface area contributed by atoms with E-state index in [1.807, 2.05) is 23.6 Å². The van der Waals surface area contributed by atoms with E-state index in [-0.39, 0.29) is 0 Å². The third-order valence-electron chi connectivity index (χ3n) is 3.51. The summed E-state index contributed by atoms with van der Waals surface area (Å²) in [5, 5.41) is 2.00. The summed E-state index contributed by atoms with van der Waals surface area (Å²) >= 11 is 1.64. The van der Waals surface area contributed by atoms with Crippen molar-refractivity contribution in [3.05, 3.63) is 76.9 Å². The number of thiophene rings is 1. The summed E-state index contributed by atoms with van der Waals surface area (Å²) in [6.07, 6.45) is 3.84. The molecule has 0 N–H and O–H groups in total. The Kier molecular flexibility index (Phi) is 4.95. The Balaban J connectivity index is 1.84. The molecule has 3 rings (SSSR count). The van der Waals surface area contributed by atoms with Gasteiger partial charge in [0, 0.05) is 23.5 Å². The van der Waals surface area contributed by atoms with Crippen LogP contribution in [0.25, 0.3) is 0 Å². The Hall–Kier alpha value is -1.89. The quantitative estimate of drug-likeness (QED) is 0.654. The van der Waals surface area contributed by atoms with E-state index in [1.54, 1.807) is 54.2 Å². The molecule has 3 aromatic rings. The smallest absolute Gasteiger partial charge is 0.243 e. The van der Waals surface area contributed by atoms with Gasteiger partial charge in [0.05, 0.1) is 17.4 Å². The molecule has 4 nitrogen and oxygen atoms in total. The second-order valence-electron chi connectivity index (χ2n) is 5.11. The van der Waals surface area contributed by atoms with Crippen LogP contribution in [0.3, 0.4) is 0 Å². The zero-order chi connectivity index (χ0) is 16.1. The highest BCUT2D eigenvalue weighted by molar-refractivity contribution is 7.89. The van der Waals surface area contributed by atoms with E-state index in [0.717, 1.165) is 5.56 Å². The lowest BCUT2D eigenvalue weighted by Crippen LogP contribution is -2.32. The van der Waals surface area contributed by atoms with Crippen LogP contribution in [-0.2, 0) is 23.0 Å². The molecule has 0 saturated carbocycles. The van der Waals surface area contributed by atoms with Crippen LogP contribution in [0.5, 0.6) is 0 Å². The highest BCUT2D eigenvalue weighted by Crippen LogP contribution is 2.20. The number of nitrogens with zero attached hydrogens (tertiary/aromatic N) is 1. The van der Waals surface area contributed by atoms with Crippen LogP contribution in [0.1, 0.15) is 10.4 Å². The first-order chi connectivity index (χ1) is 11.2. The molecule has 0 saturated heterocycles. The van der Waals surface area contributed by atoms with Gasteiger partial charge in [0.1, 0.15) is 0 Å². The molecule has 0 aliphatic rings. The second-order valence-corrected chi connectivity index (χ2v) is 8.08. The van der Waals surface area contributed by atoms with Crippen LogP contribution >= 0.6 is 11.3 Å². The molecule has 23 heavy (non-hydrogen) atoms. The maximum atomic E-state index is 12.9. The summed E-state index contributed by atoms with van der Waals surface area (Å²) in [6.45, 7) is 0.738. The molecule has 0 unspecified atom stereocenters. The predicted octanol–water partition coefficient (Wildman–Crippen LogP) is 3.77. The van der Waals surface area contributed by atoms with Crippen LogP contribution < -0.4 is 0 Å². The SMILES string of the molecule is O=S(=O)(c1ccccc1)N(CCc1cccs1)Cc1ccoc1. The van der Waals surface area contributed by atoms with Gasteiger partial charge in [-0.05, 0) is 36.1 Å². The molecule has 2 aromatic heterocycles. The van der Waals surface area contributed by atoms with Crippen molar-refractivity contribution in [2.45, 2.75) is 17.9 Å². The van der Waals surface area contributed by atoms with Crippen molar-refractivity contribution in [3.8, 4) is 0 Å². The van der Waals surface area contributed by atoms with Gasteiger partial charge in [-0.1, -0.05) is 24.3 Å². The highest BCUT2D eigenvalue weighted by Gasteiger charge is 2.24. The summed E-state index contributed by atoms with van der Waals surface area (Å²) in [6, 6.07) is 14.3. The maximum absolute atomic E-state index is 12.9. The van der Waals surface area contributed by atoms with Crippen LogP contribution in [0.15, 0.2) is 75.7 Å². The van der Waals surface area contributed by atoms with Gasteiger partial charge in [-0.2, -0.15) is 4.31 Å². The lowest BCUT2D eigenvalue weighted by atomic mass is 10.3. The highest BCUT2D eigenvalue weighted by atomic mass is 32.2. The van der Waals surface area contributed by atoms with Crippen LogP contribution in [0.2, 0.25) is 0 Å². The van der Waals surface area contributed by atoms with Crippen LogP contribution in [-0.4, -0.2) is 19.3 Å². The number of furan rings is 1. The van der Waals surface area contributed by atoms with Gasteiger partial charge in [0.15, 0.2) is 0 Å². The topological polar surface area (TPSA) is 50.5 Å².